The highest BCUT2D eigenvalue weighted by molar-refractivity contribution is 5.47. The first-order valence-electron chi connectivity index (χ1n) is 9.94. The van der Waals surface area contributed by atoms with Gasteiger partial charge in [0.05, 0.1) is 25.2 Å². The average Bonchev–Trinajstić information content (AvgIpc) is 3.25. The zero-order valence-corrected chi connectivity index (χ0v) is 16.7. The Bertz CT molecular complexity index is 1030. The van der Waals surface area contributed by atoms with Crippen molar-refractivity contribution in [1.29, 1.82) is 0 Å². The highest BCUT2D eigenvalue weighted by Gasteiger charge is 2.23. The zero-order valence-electron chi connectivity index (χ0n) is 16.7. The van der Waals surface area contributed by atoms with Crippen molar-refractivity contribution in [1.82, 2.24) is 14.9 Å². The van der Waals surface area contributed by atoms with E-state index in [2.05, 4.69) is 14.9 Å². The maximum atomic E-state index is 12.5. The predicted molar refractivity (Wildman–Crippen MR) is 109 cm³/mol. The zero-order chi connectivity index (χ0) is 20.2. The highest BCUT2D eigenvalue weighted by Crippen LogP contribution is 2.28. The van der Waals surface area contributed by atoms with Gasteiger partial charge >= 0.3 is 0 Å². The van der Waals surface area contributed by atoms with E-state index in [1.54, 1.807) is 18.4 Å². The molecule has 0 amide bonds. The lowest BCUT2D eigenvalue weighted by atomic mass is 10.0. The van der Waals surface area contributed by atoms with E-state index in [-0.39, 0.29) is 5.56 Å². The molecule has 29 heavy (non-hydrogen) atoms. The second-order valence-corrected chi connectivity index (χ2v) is 6.91. The van der Waals surface area contributed by atoms with Gasteiger partial charge in [0.1, 0.15) is 11.5 Å². The summed E-state index contributed by atoms with van der Waals surface area (Å²) < 4.78 is 16.8. The van der Waals surface area contributed by atoms with E-state index in [0.29, 0.717) is 44.3 Å². The van der Waals surface area contributed by atoms with Gasteiger partial charge in [-0.05, 0) is 50.6 Å². The molecule has 0 unspecified atom stereocenters. The van der Waals surface area contributed by atoms with Crippen LogP contribution in [0.5, 0.6) is 11.5 Å². The van der Waals surface area contributed by atoms with Gasteiger partial charge in [0.2, 0.25) is 0 Å². The standard InChI is InChI=1S/C22H25N3O4/c1-3-27-16-7-8-19(28-4-2)15(12-16)13-25-10-9-17-18(14-25)23-21(24-22(17)26)20-6-5-11-29-20/h5-8,11-12H,3-4,9-10,13-14H2,1-2H3,(H,23,24,26). The number of hydrogen-bond acceptors (Lipinski definition) is 6. The molecule has 0 spiro atoms. The number of H-pyrrole nitrogens is 1. The van der Waals surface area contributed by atoms with Crippen molar-refractivity contribution in [3.05, 3.63) is 63.8 Å². The number of nitrogens with zero attached hydrogens (tertiary/aromatic N) is 2. The van der Waals surface area contributed by atoms with Crippen LogP contribution < -0.4 is 15.0 Å². The fraction of sp³-hybridized carbons (Fsp3) is 0.364. The molecular weight excluding hydrogens is 370 g/mol. The molecule has 0 fully saturated rings. The quantitative estimate of drug-likeness (QED) is 0.661. The van der Waals surface area contributed by atoms with Gasteiger partial charge in [0.15, 0.2) is 11.6 Å². The number of fused-ring (bicyclic) bond motifs is 1. The molecule has 1 aromatic carbocycles. The Morgan fingerprint density at radius 3 is 2.83 bits per heavy atom. The third-order valence-electron chi connectivity index (χ3n) is 4.94. The Labute approximate surface area is 169 Å². The van der Waals surface area contributed by atoms with Crippen molar-refractivity contribution in [2.75, 3.05) is 19.8 Å². The van der Waals surface area contributed by atoms with Crippen LogP contribution in [0.2, 0.25) is 0 Å². The monoisotopic (exact) mass is 395 g/mol. The van der Waals surface area contributed by atoms with Crippen molar-refractivity contribution in [2.45, 2.75) is 33.4 Å². The van der Waals surface area contributed by atoms with E-state index in [9.17, 15) is 4.79 Å². The third-order valence-corrected chi connectivity index (χ3v) is 4.94. The summed E-state index contributed by atoms with van der Waals surface area (Å²) in [5.41, 5.74) is 2.53. The molecule has 152 valence electrons. The predicted octanol–water partition coefficient (Wildman–Crippen LogP) is 3.39. The molecule has 7 heteroatoms. The summed E-state index contributed by atoms with van der Waals surface area (Å²) in [6.45, 7) is 7.24. The van der Waals surface area contributed by atoms with E-state index in [1.165, 1.54) is 0 Å². The van der Waals surface area contributed by atoms with E-state index in [1.807, 2.05) is 32.0 Å². The number of aromatic nitrogens is 2. The van der Waals surface area contributed by atoms with Gasteiger partial charge in [-0.2, -0.15) is 0 Å². The van der Waals surface area contributed by atoms with Crippen molar-refractivity contribution in [3.63, 3.8) is 0 Å². The average molecular weight is 395 g/mol. The summed E-state index contributed by atoms with van der Waals surface area (Å²) in [7, 11) is 0. The molecule has 0 saturated carbocycles. The molecule has 0 bridgehead atoms. The molecule has 3 aromatic rings. The minimum Gasteiger partial charge on any atom is -0.494 e. The van der Waals surface area contributed by atoms with Gasteiger partial charge in [-0.3, -0.25) is 9.69 Å². The number of nitrogens with one attached hydrogen (secondary N) is 1. The van der Waals surface area contributed by atoms with Crippen molar-refractivity contribution in [3.8, 4) is 23.1 Å². The number of ether oxygens (including phenoxy) is 2. The van der Waals surface area contributed by atoms with Crippen LogP contribution in [0, 0.1) is 0 Å². The third kappa shape index (κ3) is 4.19. The smallest absolute Gasteiger partial charge is 0.254 e. The lowest BCUT2D eigenvalue weighted by Crippen LogP contribution is -2.35. The van der Waals surface area contributed by atoms with Crippen LogP contribution in [0.3, 0.4) is 0 Å². The molecule has 0 saturated heterocycles. The number of benzene rings is 1. The van der Waals surface area contributed by atoms with Crippen LogP contribution >= 0.6 is 0 Å². The first kappa shape index (κ1) is 19.3. The molecule has 1 aliphatic rings. The van der Waals surface area contributed by atoms with E-state index in [4.69, 9.17) is 13.9 Å². The lowest BCUT2D eigenvalue weighted by Gasteiger charge is -2.28. The summed E-state index contributed by atoms with van der Waals surface area (Å²) in [5.74, 6) is 2.72. The van der Waals surface area contributed by atoms with Crippen molar-refractivity contribution < 1.29 is 13.9 Å². The number of rotatable bonds is 7. The van der Waals surface area contributed by atoms with Gasteiger partial charge in [-0.25, -0.2) is 4.98 Å². The first-order valence-corrected chi connectivity index (χ1v) is 9.94. The van der Waals surface area contributed by atoms with Gasteiger partial charge < -0.3 is 18.9 Å². The second kappa shape index (κ2) is 8.53. The molecular formula is C22H25N3O4. The Hall–Kier alpha value is -3.06. The summed E-state index contributed by atoms with van der Waals surface area (Å²) in [4.78, 5) is 22.3. The Balaban J connectivity index is 1.59. The second-order valence-electron chi connectivity index (χ2n) is 6.91. The van der Waals surface area contributed by atoms with E-state index < -0.39 is 0 Å². The maximum absolute atomic E-state index is 12.5. The van der Waals surface area contributed by atoms with Gasteiger partial charge in [-0.15, -0.1) is 0 Å². The number of furan rings is 1. The Morgan fingerprint density at radius 1 is 1.21 bits per heavy atom. The molecule has 3 heterocycles. The van der Waals surface area contributed by atoms with Crippen LogP contribution in [0.15, 0.2) is 45.8 Å². The van der Waals surface area contributed by atoms with Crippen molar-refractivity contribution >= 4 is 0 Å². The molecule has 1 aliphatic heterocycles. The summed E-state index contributed by atoms with van der Waals surface area (Å²) in [6, 6.07) is 9.49. The first-order chi connectivity index (χ1) is 14.2. The topological polar surface area (TPSA) is 80.6 Å². The number of hydrogen-bond donors (Lipinski definition) is 1. The van der Waals surface area contributed by atoms with Gasteiger partial charge in [0, 0.05) is 30.8 Å². The Kier molecular flexibility index (Phi) is 5.67. The molecule has 0 radical (unpaired) electrons. The molecule has 0 atom stereocenters. The fourth-order valence-corrected chi connectivity index (χ4v) is 3.63. The van der Waals surface area contributed by atoms with Crippen LogP contribution in [0.1, 0.15) is 30.7 Å². The summed E-state index contributed by atoms with van der Waals surface area (Å²) in [6.07, 6.45) is 2.23. The molecule has 7 nitrogen and oxygen atoms in total. The van der Waals surface area contributed by atoms with Crippen LogP contribution in [-0.4, -0.2) is 34.6 Å². The van der Waals surface area contributed by atoms with Gasteiger partial charge in [0.25, 0.3) is 5.56 Å². The van der Waals surface area contributed by atoms with Crippen molar-refractivity contribution in [2.24, 2.45) is 0 Å². The molecule has 4 rings (SSSR count). The minimum atomic E-state index is -0.0885. The minimum absolute atomic E-state index is 0.0885. The molecule has 0 aliphatic carbocycles. The highest BCUT2D eigenvalue weighted by atomic mass is 16.5. The SMILES string of the molecule is CCOc1ccc(OCC)c(CN2CCc3c(nc(-c4ccco4)[nH]c3=O)C2)c1. The van der Waals surface area contributed by atoms with Gasteiger partial charge in [-0.1, -0.05) is 0 Å². The summed E-state index contributed by atoms with van der Waals surface area (Å²) >= 11 is 0. The van der Waals surface area contributed by atoms with Crippen LogP contribution in [0.4, 0.5) is 0 Å². The molecule has 1 N–H and O–H groups in total. The lowest BCUT2D eigenvalue weighted by molar-refractivity contribution is 0.234. The van der Waals surface area contributed by atoms with E-state index >= 15 is 0 Å². The van der Waals surface area contributed by atoms with Crippen LogP contribution in [-0.2, 0) is 19.5 Å². The largest absolute Gasteiger partial charge is 0.494 e. The summed E-state index contributed by atoms with van der Waals surface area (Å²) in [5, 5.41) is 0. The van der Waals surface area contributed by atoms with E-state index in [0.717, 1.165) is 34.9 Å². The fourth-order valence-electron chi connectivity index (χ4n) is 3.63. The van der Waals surface area contributed by atoms with Crippen LogP contribution in [0.25, 0.3) is 11.6 Å². The Morgan fingerprint density at radius 2 is 2.07 bits per heavy atom. The number of aromatic amines is 1. The normalized spacial score (nSPS) is 13.9. The maximum Gasteiger partial charge on any atom is 0.254 e. The molecule has 2 aromatic heterocycles.